The number of nitrogens with zero attached hydrogens (tertiary/aromatic N) is 9. The second kappa shape index (κ2) is 18.7. The molecule has 6 rings (SSSR count). The number of imidazole rings is 1. The van der Waals surface area contributed by atoms with Crippen molar-refractivity contribution in [2.75, 3.05) is 61.6 Å². The topological polar surface area (TPSA) is 199 Å². The lowest BCUT2D eigenvalue weighted by atomic mass is 10.1. The Morgan fingerprint density at radius 2 is 1.75 bits per heavy atom. The highest BCUT2D eigenvalue weighted by Crippen LogP contribution is 2.19. The number of nitrogen functional groups attached to an aromatic ring is 1. The minimum Gasteiger partial charge on any atom is -0.394 e. The van der Waals surface area contributed by atoms with Crippen LogP contribution in [0.15, 0.2) is 69.2 Å². The van der Waals surface area contributed by atoms with Gasteiger partial charge in [-0.2, -0.15) is 38.6 Å². The van der Waals surface area contributed by atoms with Crippen LogP contribution in [0.25, 0.3) is 17.0 Å². The molecule has 0 unspecified atom stereocenters. The van der Waals surface area contributed by atoms with Gasteiger partial charge in [0.15, 0.2) is 5.82 Å². The summed E-state index contributed by atoms with van der Waals surface area (Å²) in [5.41, 5.74) is 16.9. The summed E-state index contributed by atoms with van der Waals surface area (Å²) in [6.45, 7) is 12.9. The third-order valence-electron chi connectivity index (χ3n) is 7.40. The molecule has 5 heterocycles. The number of hydrogen-bond acceptors (Lipinski definition) is 13. The molecule has 2 aliphatic heterocycles. The number of aryl methyl sites for hydroxylation is 1. The van der Waals surface area contributed by atoms with Crippen LogP contribution in [0.2, 0.25) is 0 Å². The Kier molecular flexibility index (Phi) is 14.1. The summed E-state index contributed by atoms with van der Waals surface area (Å²) >= 11 is 4.00. The van der Waals surface area contributed by atoms with Gasteiger partial charge in [-0.25, -0.2) is 19.8 Å². The van der Waals surface area contributed by atoms with Gasteiger partial charge in [0.05, 0.1) is 35.3 Å². The van der Waals surface area contributed by atoms with E-state index in [0.717, 1.165) is 91.0 Å². The van der Waals surface area contributed by atoms with Crippen LogP contribution in [-0.2, 0) is 0 Å². The molecule has 254 valence electrons. The fraction of sp³-hybridized carbons (Fsp3) is 0.406. The van der Waals surface area contributed by atoms with Crippen LogP contribution in [0.4, 0.5) is 5.82 Å². The fourth-order valence-electron chi connectivity index (χ4n) is 4.87. The third-order valence-corrected chi connectivity index (χ3v) is 9.29. The molecule has 3 aromatic heterocycles. The smallest absolute Gasteiger partial charge is 0.323 e. The first-order chi connectivity index (χ1) is 23.3. The average molecular weight is 690 g/mol. The number of thioether (sulfide) groups is 2. The van der Waals surface area contributed by atoms with Crippen molar-refractivity contribution in [2.24, 2.45) is 15.7 Å². The highest BCUT2D eigenvalue weighted by atomic mass is 32.2. The molecule has 16 heteroatoms. The molecule has 0 aliphatic carbocycles. The highest BCUT2D eigenvalue weighted by molar-refractivity contribution is 7.99. The Bertz CT molecular complexity index is 1780. The molecular formula is C32H43N13OS2. The van der Waals surface area contributed by atoms with Crippen LogP contribution in [0, 0.1) is 18.3 Å². The van der Waals surface area contributed by atoms with Crippen molar-refractivity contribution in [2.45, 2.75) is 26.7 Å². The second-order valence-electron chi connectivity index (χ2n) is 10.9. The quantitative estimate of drug-likeness (QED) is 0.198. The summed E-state index contributed by atoms with van der Waals surface area (Å²) in [6, 6.07) is 9.40. The van der Waals surface area contributed by atoms with Crippen molar-refractivity contribution in [1.82, 2.24) is 39.5 Å². The van der Waals surface area contributed by atoms with Gasteiger partial charge in [-0.05, 0) is 43.8 Å². The number of anilines is 1. The van der Waals surface area contributed by atoms with Crippen LogP contribution in [-0.4, -0.2) is 108 Å². The van der Waals surface area contributed by atoms with E-state index in [1.54, 1.807) is 18.5 Å². The number of rotatable bonds is 8. The number of benzene rings is 1. The average Bonchev–Trinajstić information content (AvgIpc) is 3.69. The van der Waals surface area contributed by atoms with E-state index in [2.05, 4.69) is 53.5 Å². The van der Waals surface area contributed by atoms with Crippen molar-refractivity contribution in [1.29, 1.82) is 5.26 Å². The summed E-state index contributed by atoms with van der Waals surface area (Å²) in [5, 5.41) is 12.6. The molecule has 0 radical (unpaired) electrons. The Hall–Kier alpha value is -4.59. The van der Waals surface area contributed by atoms with E-state index in [-0.39, 0.29) is 11.5 Å². The zero-order valence-corrected chi connectivity index (χ0v) is 29.1. The Balaban J connectivity index is 0.000000176. The zero-order valence-electron chi connectivity index (χ0n) is 27.4. The van der Waals surface area contributed by atoms with Crippen molar-refractivity contribution >= 4 is 52.8 Å². The Morgan fingerprint density at radius 1 is 1.08 bits per heavy atom. The molecule has 0 spiro atoms. The first kappa shape index (κ1) is 36.2. The lowest BCUT2D eigenvalue weighted by Crippen LogP contribution is -2.35. The number of aromatic nitrogens is 6. The van der Waals surface area contributed by atoms with Gasteiger partial charge in [-0.1, -0.05) is 19.4 Å². The predicted octanol–water partition coefficient (Wildman–Crippen LogP) is 3.39. The second-order valence-corrected chi connectivity index (χ2v) is 13.3. The number of allylic oxidation sites excluding steroid dienone is 1. The van der Waals surface area contributed by atoms with Gasteiger partial charge in [0.1, 0.15) is 17.5 Å². The van der Waals surface area contributed by atoms with E-state index in [1.165, 1.54) is 22.4 Å². The maximum atomic E-state index is 10.8. The van der Waals surface area contributed by atoms with E-state index >= 15 is 0 Å². The molecule has 2 fully saturated rings. The molecule has 0 atom stereocenters. The number of H-pyrrole nitrogens is 2. The van der Waals surface area contributed by atoms with Gasteiger partial charge >= 0.3 is 5.69 Å². The molecule has 2 aliphatic rings. The van der Waals surface area contributed by atoms with Crippen LogP contribution in [0.3, 0.4) is 0 Å². The number of aliphatic imine (C=N–C) groups is 2. The molecule has 14 nitrogen and oxygen atoms in total. The highest BCUT2D eigenvalue weighted by Gasteiger charge is 2.18. The largest absolute Gasteiger partial charge is 0.394 e. The van der Waals surface area contributed by atoms with E-state index in [0.29, 0.717) is 11.5 Å². The summed E-state index contributed by atoms with van der Waals surface area (Å²) < 4.78 is 1.32. The number of hydrogen-bond donors (Lipinski definition) is 4. The third kappa shape index (κ3) is 10.2. The van der Waals surface area contributed by atoms with Gasteiger partial charge in [-0.3, -0.25) is 9.89 Å². The molecule has 48 heavy (non-hydrogen) atoms. The van der Waals surface area contributed by atoms with E-state index in [1.807, 2.05) is 54.7 Å². The minimum atomic E-state index is -0.148. The van der Waals surface area contributed by atoms with Crippen LogP contribution in [0.5, 0.6) is 0 Å². The van der Waals surface area contributed by atoms with E-state index < -0.39 is 0 Å². The monoisotopic (exact) mass is 689 g/mol. The standard InChI is InChI=1S/C16H29N5S2.C8H6N6.C8H8N2O/c1-3-4-14(19-13-20-5-9-22-10-6-20)15(17)16(18-2)21-7-11-23-12-8-21;9-4-6-5-13-14(7(6)10)8-11-2-1-3-12-8;1-5-2-3-6-7(4-5)10-8(11)9-6/h2-13,17H2,1H3;1-3,5H,10H2;2-4H,1H3,(H2,9,10,11)/b16-15-,19-14-;;. The van der Waals surface area contributed by atoms with Crippen molar-refractivity contribution in [3.63, 3.8) is 0 Å². The Labute approximate surface area is 288 Å². The number of aromatic amines is 2. The Morgan fingerprint density at radius 3 is 2.38 bits per heavy atom. The first-order valence-corrected chi connectivity index (χ1v) is 18.0. The van der Waals surface area contributed by atoms with Crippen LogP contribution >= 0.6 is 23.5 Å². The maximum absolute atomic E-state index is 10.8. The normalized spacial score (nSPS) is 15.8. The first-order valence-electron chi connectivity index (χ1n) is 15.7. The molecule has 0 amide bonds. The van der Waals surface area contributed by atoms with Crippen LogP contribution < -0.4 is 17.2 Å². The van der Waals surface area contributed by atoms with Crippen LogP contribution in [0.1, 0.15) is 30.9 Å². The lowest BCUT2D eigenvalue weighted by Gasteiger charge is -2.29. The van der Waals surface area contributed by atoms with E-state index in [4.69, 9.17) is 21.7 Å². The predicted molar refractivity (Wildman–Crippen MR) is 198 cm³/mol. The SMILES string of the molecule is C=N/C(=C(N)\C(CCC)=N/CN1CCSCC1)N1CCSCC1.Cc1ccc2[nH]c(=O)[nH]c2c1.N#Cc1cnn(-c2ncccn2)c1N. The van der Waals surface area contributed by atoms with Gasteiger partial charge in [0, 0.05) is 61.6 Å². The molecule has 0 bridgehead atoms. The molecule has 2 saturated heterocycles. The summed E-state index contributed by atoms with van der Waals surface area (Å²) in [4.78, 5) is 37.8. The van der Waals surface area contributed by atoms with Crippen molar-refractivity contribution in [3.8, 4) is 12.0 Å². The summed E-state index contributed by atoms with van der Waals surface area (Å²) in [5.74, 6) is 6.08. The van der Waals surface area contributed by atoms with Crippen molar-refractivity contribution in [3.05, 3.63) is 76.0 Å². The van der Waals surface area contributed by atoms with Gasteiger partial charge in [-0.15, -0.1) is 0 Å². The zero-order chi connectivity index (χ0) is 34.3. The van der Waals surface area contributed by atoms with Gasteiger partial charge in [0.25, 0.3) is 5.95 Å². The van der Waals surface area contributed by atoms with E-state index in [9.17, 15) is 4.79 Å². The number of nitriles is 1. The molecule has 1 aromatic carbocycles. The summed E-state index contributed by atoms with van der Waals surface area (Å²) in [7, 11) is 0. The lowest BCUT2D eigenvalue weighted by molar-refractivity contribution is 0.313. The molecular weight excluding hydrogens is 647 g/mol. The number of nitrogens with one attached hydrogen (secondary N) is 2. The molecule has 0 saturated carbocycles. The molecule has 6 N–H and O–H groups in total. The number of fused-ring (bicyclic) bond motifs is 1. The maximum Gasteiger partial charge on any atom is 0.323 e. The molecule has 4 aromatic rings. The summed E-state index contributed by atoms with van der Waals surface area (Å²) in [6.07, 6.45) is 6.47. The fourth-order valence-corrected chi connectivity index (χ4v) is 6.76. The number of nitrogens with two attached hydrogens (primary N) is 2. The van der Waals surface area contributed by atoms with Crippen molar-refractivity contribution < 1.29 is 0 Å². The van der Waals surface area contributed by atoms with Gasteiger partial charge in [0.2, 0.25) is 0 Å². The minimum absolute atomic E-state index is 0.148. The van der Waals surface area contributed by atoms with Gasteiger partial charge < -0.3 is 26.3 Å².